The number of aromatic nitrogens is 1. The second kappa shape index (κ2) is 8.63. The molecule has 1 aromatic heterocycles. The fourth-order valence-electron chi connectivity index (χ4n) is 1.99. The zero-order valence-electron chi connectivity index (χ0n) is 11.4. The fourth-order valence-corrected chi connectivity index (χ4v) is 4.10. The van der Waals surface area contributed by atoms with Crippen LogP contribution in [0.15, 0.2) is 13.7 Å². The summed E-state index contributed by atoms with van der Waals surface area (Å²) in [4.78, 5) is 15.5. The van der Waals surface area contributed by atoms with E-state index in [1.165, 1.54) is 32.1 Å². The summed E-state index contributed by atoms with van der Waals surface area (Å²) in [5, 5.41) is 0. The van der Waals surface area contributed by atoms with Gasteiger partial charge in [-0.3, -0.25) is 4.79 Å². The number of aromatic amines is 1. The van der Waals surface area contributed by atoms with Gasteiger partial charge in [0.2, 0.25) is 5.43 Å². The molecule has 0 fully saturated rings. The van der Waals surface area contributed by atoms with Crippen molar-refractivity contribution in [2.45, 2.75) is 57.2 Å². The minimum Gasteiger partial charge on any atom is -0.359 e. The number of hydrogen-bond donors (Lipinski definition) is 1. The lowest BCUT2D eigenvalue weighted by Gasteiger charge is -2.14. The number of rotatable bonds is 7. The Hall–Kier alpha value is 0.390. The molecule has 108 valence electrons. The van der Waals surface area contributed by atoms with Crippen molar-refractivity contribution in [1.29, 1.82) is 0 Å². The van der Waals surface area contributed by atoms with Gasteiger partial charge in [0, 0.05) is 11.4 Å². The van der Waals surface area contributed by atoms with Gasteiger partial charge in [0.1, 0.15) is 0 Å². The highest BCUT2D eigenvalue weighted by Crippen LogP contribution is 2.32. The van der Waals surface area contributed by atoms with Crippen molar-refractivity contribution in [1.82, 2.24) is 4.98 Å². The number of nitrogens with one attached hydrogen (secondary N) is 1. The van der Waals surface area contributed by atoms with E-state index in [1.54, 1.807) is 0 Å². The second-order valence-electron chi connectivity index (χ2n) is 4.79. The summed E-state index contributed by atoms with van der Waals surface area (Å²) in [5.41, 5.74) is 1.83. The third-order valence-corrected chi connectivity index (χ3v) is 5.82. The Morgan fingerprint density at radius 2 is 1.74 bits per heavy atom. The monoisotopic (exact) mass is 455 g/mol. The van der Waals surface area contributed by atoms with E-state index in [-0.39, 0.29) is 10.3 Å². The van der Waals surface area contributed by atoms with Crippen molar-refractivity contribution in [2.24, 2.45) is 0 Å². The second-order valence-corrected chi connectivity index (χ2v) is 7.48. The van der Waals surface area contributed by atoms with Crippen LogP contribution >= 0.6 is 47.8 Å². The lowest BCUT2D eigenvalue weighted by molar-refractivity contribution is 0.602. The van der Waals surface area contributed by atoms with Gasteiger partial charge in [-0.2, -0.15) is 0 Å². The van der Waals surface area contributed by atoms with Crippen LogP contribution in [0.5, 0.6) is 0 Å². The van der Waals surface area contributed by atoms with Gasteiger partial charge in [-0.15, -0.1) is 0 Å². The smallest absolute Gasteiger partial charge is 0.210 e. The third kappa shape index (κ3) is 5.01. The van der Waals surface area contributed by atoms with Gasteiger partial charge in [-0.05, 0) is 45.2 Å². The fraction of sp³-hybridized carbons (Fsp3) is 0.643. The molecule has 1 heterocycles. The summed E-state index contributed by atoms with van der Waals surface area (Å²) in [6.07, 6.45) is 7.35. The predicted molar refractivity (Wildman–Crippen MR) is 92.2 cm³/mol. The standard InChI is InChI=1S/C14H20Br3NO/c1-3-4-5-6-7-8-10(15)13-12(17)14(19)11(16)9(2)18-13/h10H,3-8H2,1-2H3,(H,18,19). The van der Waals surface area contributed by atoms with Crippen LogP contribution in [0.4, 0.5) is 0 Å². The summed E-state index contributed by atoms with van der Waals surface area (Å²) < 4.78 is 1.23. The number of aryl methyl sites for hydroxylation is 1. The van der Waals surface area contributed by atoms with E-state index < -0.39 is 0 Å². The van der Waals surface area contributed by atoms with Crippen LogP contribution in [0, 0.1) is 6.92 Å². The predicted octanol–water partition coefficient (Wildman–Crippen LogP) is 6.00. The summed E-state index contributed by atoms with van der Waals surface area (Å²) in [5.74, 6) is 0. The Morgan fingerprint density at radius 3 is 2.37 bits per heavy atom. The van der Waals surface area contributed by atoms with Crippen molar-refractivity contribution in [3.63, 3.8) is 0 Å². The Balaban J connectivity index is 2.67. The lowest BCUT2D eigenvalue weighted by Crippen LogP contribution is -2.12. The zero-order chi connectivity index (χ0) is 14.4. The molecule has 0 bridgehead atoms. The van der Waals surface area contributed by atoms with Crippen LogP contribution in [0.2, 0.25) is 0 Å². The number of unbranched alkanes of at least 4 members (excludes halogenated alkanes) is 4. The number of pyridine rings is 1. The molecule has 0 amide bonds. The number of hydrogen-bond acceptors (Lipinski definition) is 1. The first-order valence-corrected chi connectivity index (χ1v) is 9.21. The minimum atomic E-state index is 0.0154. The normalized spacial score (nSPS) is 12.7. The molecule has 1 atom stereocenters. The van der Waals surface area contributed by atoms with Gasteiger partial charge in [-0.1, -0.05) is 55.0 Å². The molecule has 0 aliphatic rings. The summed E-state index contributed by atoms with van der Waals surface area (Å²) in [6.45, 7) is 4.13. The highest BCUT2D eigenvalue weighted by molar-refractivity contribution is 9.11. The average molecular weight is 458 g/mol. The Kier molecular flexibility index (Phi) is 7.92. The van der Waals surface area contributed by atoms with Gasteiger partial charge in [-0.25, -0.2) is 0 Å². The van der Waals surface area contributed by atoms with Gasteiger partial charge < -0.3 is 4.98 Å². The maximum atomic E-state index is 12.0. The molecular weight excluding hydrogens is 438 g/mol. The third-order valence-electron chi connectivity index (χ3n) is 3.16. The number of alkyl halides is 1. The molecule has 0 spiro atoms. The lowest BCUT2D eigenvalue weighted by atomic mass is 10.1. The molecule has 0 aliphatic heterocycles. The molecule has 2 nitrogen and oxygen atoms in total. The van der Waals surface area contributed by atoms with Crippen LogP contribution in [-0.2, 0) is 0 Å². The maximum Gasteiger partial charge on any atom is 0.210 e. The Morgan fingerprint density at radius 1 is 1.11 bits per heavy atom. The number of H-pyrrole nitrogens is 1. The molecular formula is C14H20Br3NO. The van der Waals surface area contributed by atoms with E-state index in [4.69, 9.17) is 0 Å². The first-order chi connectivity index (χ1) is 8.99. The molecule has 5 heteroatoms. The maximum absolute atomic E-state index is 12.0. The largest absolute Gasteiger partial charge is 0.359 e. The van der Waals surface area contributed by atoms with E-state index in [0.29, 0.717) is 8.95 Å². The van der Waals surface area contributed by atoms with E-state index >= 15 is 0 Å². The van der Waals surface area contributed by atoms with Crippen molar-refractivity contribution < 1.29 is 0 Å². The molecule has 0 saturated heterocycles. The van der Waals surface area contributed by atoms with Crippen LogP contribution in [-0.4, -0.2) is 4.98 Å². The molecule has 1 aromatic rings. The zero-order valence-corrected chi connectivity index (χ0v) is 16.1. The molecule has 0 radical (unpaired) electrons. The quantitative estimate of drug-likeness (QED) is 0.395. The van der Waals surface area contributed by atoms with Crippen LogP contribution in [0.1, 0.15) is 61.7 Å². The Labute approximate surface area is 140 Å². The summed E-state index contributed by atoms with van der Waals surface area (Å²) >= 11 is 10.4. The highest BCUT2D eigenvalue weighted by Gasteiger charge is 2.17. The van der Waals surface area contributed by atoms with Gasteiger partial charge in [0.05, 0.1) is 13.8 Å². The van der Waals surface area contributed by atoms with E-state index in [1.807, 2.05) is 6.92 Å². The molecule has 19 heavy (non-hydrogen) atoms. The van der Waals surface area contributed by atoms with Crippen molar-refractivity contribution in [3.05, 3.63) is 30.6 Å². The summed E-state index contributed by atoms with van der Waals surface area (Å²) in [6, 6.07) is 0. The molecule has 0 aliphatic carbocycles. The SMILES string of the molecule is CCCCCCCC(Br)c1[nH]c(C)c(Br)c(=O)c1Br. The Bertz CT molecular complexity index is 470. The van der Waals surface area contributed by atoms with E-state index in [0.717, 1.165) is 17.8 Å². The van der Waals surface area contributed by atoms with Crippen molar-refractivity contribution in [3.8, 4) is 0 Å². The van der Waals surface area contributed by atoms with Gasteiger partial charge in [0.15, 0.2) is 0 Å². The van der Waals surface area contributed by atoms with Crippen LogP contribution < -0.4 is 5.43 Å². The number of halogens is 3. The molecule has 0 saturated carbocycles. The first kappa shape index (κ1) is 17.4. The summed E-state index contributed by atoms with van der Waals surface area (Å²) in [7, 11) is 0. The van der Waals surface area contributed by atoms with E-state index in [9.17, 15) is 4.79 Å². The van der Waals surface area contributed by atoms with Gasteiger partial charge >= 0.3 is 0 Å². The van der Waals surface area contributed by atoms with Crippen molar-refractivity contribution >= 4 is 47.8 Å². The minimum absolute atomic E-state index is 0.0154. The van der Waals surface area contributed by atoms with Crippen molar-refractivity contribution in [2.75, 3.05) is 0 Å². The first-order valence-electron chi connectivity index (χ1n) is 6.70. The van der Waals surface area contributed by atoms with E-state index in [2.05, 4.69) is 59.7 Å². The van der Waals surface area contributed by atoms with Crippen LogP contribution in [0.3, 0.4) is 0 Å². The highest BCUT2D eigenvalue weighted by atomic mass is 79.9. The molecule has 1 N–H and O–H groups in total. The van der Waals surface area contributed by atoms with Crippen LogP contribution in [0.25, 0.3) is 0 Å². The van der Waals surface area contributed by atoms with Gasteiger partial charge in [0.25, 0.3) is 0 Å². The molecule has 0 aromatic carbocycles. The average Bonchev–Trinajstić information content (AvgIpc) is 2.40. The molecule has 1 unspecified atom stereocenters. The molecule has 1 rings (SSSR count). The topological polar surface area (TPSA) is 32.9 Å².